The highest BCUT2D eigenvalue weighted by Gasteiger charge is 2.37. The summed E-state index contributed by atoms with van der Waals surface area (Å²) in [5.74, 6) is 4.66. The van der Waals surface area contributed by atoms with Crippen molar-refractivity contribution in [2.75, 3.05) is 33.5 Å². The summed E-state index contributed by atoms with van der Waals surface area (Å²) >= 11 is 0. The van der Waals surface area contributed by atoms with Crippen LogP contribution in [-0.4, -0.2) is 68.3 Å². The zero-order valence-electron chi connectivity index (χ0n) is 12.2. The minimum absolute atomic E-state index is 0.0236. The van der Waals surface area contributed by atoms with E-state index in [0.29, 0.717) is 13.2 Å². The third-order valence-corrected chi connectivity index (χ3v) is 3.07. The zero-order valence-corrected chi connectivity index (χ0v) is 12.2. The average molecular weight is 288 g/mol. The summed E-state index contributed by atoms with van der Waals surface area (Å²) in [5.41, 5.74) is 2.11. The van der Waals surface area contributed by atoms with Gasteiger partial charge in [0.05, 0.1) is 19.8 Å². The maximum atomic E-state index is 12.2. The van der Waals surface area contributed by atoms with Crippen molar-refractivity contribution in [1.29, 1.82) is 0 Å². The number of ether oxygens (including phenoxy) is 2. The Labute approximate surface area is 118 Å². The minimum Gasteiger partial charge on any atom is -0.383 e. The van der Waals surface area contributed by atoms with Gasteiger partial charge in [-0.2, -0.15) is 0 Å². The van der Waals surface area contributed by atoms with Gasteiger partial charge in [0, 0.05) is 19.7 Å². The molecule has 1 heterocycles. The fourth-order valence-corrected chi connectivity index (χ4v) is 2.17. The Kier molecular flexibility index (Phi) is 6.86. The lowest BCUT2D eigenvalue weighted by Gasteiger charge is -2.39. The molecule has 0 aromatic carbocycles. The maximum Gasteiger partial charge on any atom is 0.253 e. The van der Waals surface area contributed by atoms with Gasteiger partial charge in [0.25, 0.3) is 5.91 Å². The summed E-state index contributed by atoms with van der Waals surface area (Å²) in [5, 5.41) is 2.83. The number of methoxy groups -OCH3 is 1. The number of rotatable bonds is 6. The molecule has 1 saturated heterocycles. The Bertz CT molecular complexity index is 337. The van der Waals surface area contributed by atoms with Crippen LogP contribution in [-0.2, 0) is 19.1 Å². The van der Waals surface area contributed by atoms with Gasteiger partial charge < -0.3 is 14.8 Å². The lowest BCUT2D eigenvalue weighted by Crippen LogP contribution is -2.62. The van der Waals surface area contributed by atoms with Crippen LogP contribution in [0.25, 0.3) is 0 Å². The zero-order chi connectivity index (χ0) is 15.1. The first-order chi connectivity index (χ1) is 9.51. The molecule has 1 aliphatic heterocycles. The van der Waals surface area contributed by atoms with E-state index in [9.17, 15) is 9.59 Å². The average Bonchev–Trinajstić information content (AvgIpc) is 2.43. The van der Waals surface area contributed by atoms with E-state index in [-0.39, 0.29) is 31.1 Å². The fraction of sp³-hybridized carbons (Fsp3) is 0.833. The van der Waals surface area contributed by atoms with E-state index in [4.69, 9.17) is 15.3 Å². The van der Waals surface area contributed by atoms with Crippen LogP contribution in [0.2, 0.25) is 0 Å². The van der Waals surface area contributed by atoms with Gasteiger partial charge in [0.1, 0.15) is 12.1 Å². The SMILES string of the molecule is COCC(C(=O)NN)N1CCOCC1C(=O)NC(C)C. The number of nitrogens with one attached hydrogen (secondary N) is 2. The fourth-order valence-electron chi connectivity index (χ4n) is 2.17. The Morgan fingerprint density at radius 1 is 1.50 bits per heavy atom. The van der Waals surface area contributed by atoms with Crippen molar-refractivity contribution >= 4 is 11.8 Å². The van der Waals surface area contributed by atoms with Crippen LogP contribution in [0.15, 0.2) is 0 Å². The molecule has 0 radical (unpaired) electrons. The third-order valence-electron chi connectivity index (χ3n) is 3.07. The molecular formula is C12H24N4O4. The Balaban J connectivity index is 2.84. The van der Waals surface area contributed by atoms with Crippen LogP contribution in [0.5, 0.6) is 0 Å². The summed E-state index contributed by atoms with van der Waals surface area (Å²) in [6.07, 6.45) is 0. The second kappa shape index (κ2) is 8.15. The normalized spacial score (nSPS) is 21.6. The van der Waals surface area contributed by atoms with Gasteiger partial charge in [-0.3, -0.25) is 19.9 Å². The summed E-state index contributed by atoms with van der Waals surface area (Å²) < 4.78 is 10.4. The Morgan fingerprint density at radius 3 is 2.75 bits per heavy atom. The smallest absolute Gasteiger partial charge is 0.253 e. The maximum absolute atomic E-state index is 12.2. The van der Waals surface area contributed by atoms with E-state index in [1.807, 2.05) is 13.8 Å². The number of nitrogens with two attached hydrogens (primary N) is 1. The predicted molar refractivity (Wildman–Crippen MR) is 72.6 cm³/mol. The molecule has 0 aromatic rings. The Morgan fingerprint density at radius 2 is 2.20 bits per heavy atom. The molecule has 1 aliphatic rings. The number of carbonyl (C=O) groups is 2. The van der Waals surface area contributed by atoms with Gasteiger partial charge in [0.15, 0.2) is 0 Å². The molecule has 0 aromatic heterocycles. The largest absolute Gasteiger partial charge is 0.383 e. The molecule has 0 spiro atoms. The predicted octanol–water partition coefficient (Wildman–Crippen LogP) is -1.78. The molecule has 1 fully saturated rings. The van der Waals surface area contributed by atoms with Crippen LogP contribution >= 0.6 is 0 Å². The number of hydrogen-bond donors (Lipinski definition) is 3. The van der Waals surface area contributed by atoms with E-state index in [1.54, 1.807) is 4.90 Å². The van der Waals surface area contributed by atoms with Crippen molar-refractivity contribution in [2.24, 2.45) is 5.84 Å². The monoisotopic (exact) mass is 288 g/mol. The molecule has 0 saturated carbocycles. The lowest BCUT2D eigenvalue weighted by atomic mass is 10.1. The van der Waals surface area contributed by atoms with Crippen LogP contribution in [0.1, 0.15) is 13.8 Å². The van der Waals surface area contributed by atoms with Gasteiger partial charge in [0.2, 0.25) is 5.91 Å². The third kappa shape index (κ3) is 4.41. The molecule has 2 unspecified atom stereocenters. The Hall–Kier alpha value is -1.22. The van der Waals surface area contributed by atoms with Crippen LogP contribution < -0.4 is 16.6 Å². The van der Waals surface area contributed by atoms with E-state index >= 15 is 0 Å². The molecule has 20 heavy (non-hydrogen) atoms. The summed E-state index contributed by atoms with van der Waals surface area (Å²) in [4.78, 5) is 25.8. The summed E-state index contributed by atoms with van der Waals surface area (Å²) in [6.45, 7) is 5.10. The van der Waals surface area contributed by atoms with Gasteiger partial charge in [-0.1, -0.05) is 0 Å². The van der Waals surface area contributed by atoms with E-state index in [0.717, 1.165) is 0 Å². The molecule has 8 heteroatoms. The van der Waals surface area contributed by atoms with E-state index < -0.39 is 12.1 Å². The lowest BCUT2D eigenvalue weighted by molar-refractivity contribution is -0.142. The van der Waals surface area contributed by atoms with Crippen LogP contribution in [0.3, 0.4) is 0 Å². The van der Waals surface area contributed by atoms with Gasteiger partial charge in [-0.05, 0) is 13.8 Å². The van der Waals surface area contributed by atoms with Gasteiger partial charge >= 0.3 is 0 Å². The van der Waals surface area contributed by atoms with Crippen molar-refractivity contribution in [2.45, 2.75) is 32.0 Å². The first kappa shape index (κ1) is 16.8. The molecule has 0 bridgehead atoms. The number of nitrogens with zero attached hydrogens (tertiary/aromatic N) is 1. The molecule has 4 N–H and O–H groups in total. The number of amides is 2. The van der Waals surface area contributed by atoms with Crippen molar-refractivity contribution in [3.8, 4) is 0 Å². The number of hydrogen-bond acceptors (Lipinski definition) is 6. The van der Waals surface area contributed by atoms with Gasteiger partial charge in [-0.15, -0.1) is 0 Å². The second-order valence-corrected chi connectivity index (χ2v) is 4.97. The topological polar surface area (TPSA) is 106 Å². The van der Waals surface area contributed by atoms with Crippen LogP contribution in [0, 0.1) is 0 Å². The highest BCUT2D eigenvalue weighted by Crippen LogP contribution is 2.13. The summed E-state index contributed by atoms with van der Waals surface area (Å²) in [6, 6.07) is -1.11. The molecule has 8 nitrogen and oxygen atoms in total. The van der Waals surface area contributed by atoms with E-state index in [2.05, 4.69) is 10.7 Å². The molecule has 116 valence electrons. The standard InChI is InChI=1S/C12H24N4O4/c1-8(2)14-11(17)10-7-20-5-4-16(10)9(6-19-3)12(18)15-13/h8-10H,4-7,13H2,1-3H3,(H,14,17)(H,15,18). The van der Waals surface area contributed by atoms with Crippen molar-refractivity contribution in [3.05, 3.63) is 0 Å². The van der Waals surface area contributed by atoms with Crippen molar-refractivity contribution in [3.63, 3.8) is 0 Å². The second-order valence-electron chi connectivity index (χ2n) is 4.97. The summed E-state index contributed by atoms with van der Waals surface area (Å²) in [7, 11) is 1.50. The van der Waals surface area contributed by atoms with Crippen molar-refractivity contribution < 1.29 is 19.1 Å². The highest BCUT2D eigenvalue weighted by atomic mass is 16.5. The molecule has 0 aliphatic carbocycles. The first-order valence-corrected chi connectivity index (χ1v) is 6.64. The molecule has 2 amide bonds. The van der Waals surface area contributed by atoms with E-state index in [1.165, 1.54) is 7.11 Å². The van der Waals surface area contributed by atoms with Crippen molar-refractivity contribution in [1.82, 2.24) is 15.6 Å². The quantitative estimate of drug-likeness (QED) is 0.303. The minimum atomic E-state index is -0.614. The number of hydrazine groups is 1. The number of carbonyl (C=O) groups excluding carboxylic acids is 2. The number of morpholine rings is 1. The van der Waals surface area contributed by atoms with Crippen LogP contribution in [0.4, 0.5) is 0 Å². The first-order valence-electron chi connectivity index (χ1n) is 6.64. The molecular weight excluding hydrogens is 264 g/mol. The molecule has 1 rings (SSSR count). The van der Waals surface area contributed by atoms with Gasteiger partial charge in [-0.25, -0.2) is 5.84 Å². The highest BCUT2D eigenvalue weighted by molar-refractivity contribution is 5.85. The molecule has 2 atom stereocenters.